The highest BCUT2D eigenvalue weighted by Crippen LogP contribution is 2.37. The second kappa shape index (κ2) is 7.68. The second-order valence-corrected chi connectivity index (χ2v) is 7.51. The average molecular weight is 426 g/mol. The number of benzene rings is 2. The normalized spacial score (nSPS) is 18.1. The number of nitrogens with one attached hydrogen (secondary N) is 1. The highest BCUT2D eigenvalue weighted by molar-refractivity contribution is 6.30. The minimum Gasteiger partial charge on any atom is -0.345 e. The summed E-state index contributed by atoms with van der Waals surface area (Å²) in [6, 6.07) is 12.1. The van der Waals surface area contributed by atoms with Gasteiger partial charge in [-0.15, -0.1) is 0 Å². The summed E-state index contributed by atoms with van der Waals surface area (Å²) in [5.74, 6) is -1.51. The minimum atomic E-state index is -4.56. The summed E-state index contributed by atoms with van der Waals surface area (Å²) < 4.78 is 37.7. The van der Waals surface area contributed by atoms with Gasteiger partial charge < -0.3 is 11.1 Å². The summed E-state index contributed by atoms with van der Waals surface area (Å²) >= 11 is 6.01. The van der Waals surface area contributed by atoms with Crippen LogP contribution in [0.2, 0.25) is 5.02 Å². The van der Waals surface area contributed by atoms with E-state index in [1.54, 1.807) is 48.5 Å². The predicted molar refractivity (Wildman–Crippen MR) is 103 cm³/mol. The van der Waals surface area contributed by atoms with Crippen molar-refractivity contribution in [1.82, 2.24) is 5.32 Å². The summed E-state index contributed by atoms with van der Waals surface area (Å²) in [5, 5.41) is 2.25. The standard InChI is InChI=1S/C20H19ClF3N3O2/c1-19(25,13-5-3-2-4-6-13)18(29)27-15-8-7-14(21)9-12(15)10-16(27)17(28)26-11-20(22,23)24/h2-9,16H,10-11,25H2,1H3,(H,26,28)/t16?,19-/m0/s1. The molecule has 154 valence electrons. The molecule has 9 heteroatoms. The highest BCUT2D eigenvalue weighted by atomic mass is 35.5. The van der Waals surface area contributed by atoms with Gasteiger partial charge in [0.2, 0.25) is 5.91 Å². The van der Waals surface area contributed by atoms with Gasteiger partial charge in [0, 0.05) is 17.1 Å². The van der Waals surface area contributed by atoms with Crippen LogP contribution in [0.15, 0.2) is 48.5 Å². The van der Waals surface area contributed by atoms with Gasteiger partial charge in [-0.1, -0.05) is 41.9 Å². The Kier molecular flexibility index (Phi) is 5.60. The Hall–Kier alpha value is -2.58. The third-order valence-corrected chi connectivity index (χ3v) is 5.06. The van der Waals surface area contributed by atoms with E-state index in [0.29, 0.717) is 21.8 Å². The fourth-order valence-electron chi connectivity index (χ4n) is 3.34. The molecule has 0 fully saturated rings. The first-order chi connectivity index (χ1) is 13.5. The molecular formula is C20H19ClF3N3O2. The Balaban J connectivity index is 1.97. The molecule has 0 aliphatic carbocycles. The van der Waals surface area contributed by atoms with Crippen molar-refractivity contribution >= 4 is 29.1 Å². The Labute approximate surface area is 170 Å². The SMILES string of the molecule is C[C@@](N)(C(=O)N1c2ccc(Cl)cc2CC1C(=O)NCC(F)(F)F)c1ccccc1. The van der Waals surface area contributed by atoms with Gasteiger partial charge in [-0.3, -0.25) is 14.5 Å². The molecule has 2 aromatic rings. The molecule has 29 heavy (non-hydrogen) atoms. The van der Waals surface area contributed by atoms with Crippen LogP contribution in [0, 0.1) is 0 Å². The Bertz CT molecular complexity index is 932. The van der Waals surface area contributed by atoms with E-state index in [9.17, 15) is 22.8 Å². The lowest BCUT2D eigenvalue weighted by atomic mass is 9.91. The van der Waals surface area contributed by atoms with E-state index < -0.39 is 36.1 Å². The zero-order valence-corrected chi connectivity index (χ0v) is 16.2. The number of nitrogens with two attached hydrogens (primary N) is 1. The Morgan fingerprint density at radius 3 is 2.48 bits per heavy atom. The van der Waals surface area contributed by atoms with Crippen molar-refractivity contribution in [2.45, 2.75) is 31.1 Å². The smallest absolute Gasteiger partial charge is 0.345 e. The van der Waals surface area contributed by atoms with E-state index in [4.69, 9.17) is 17.3 Å². The number of hydrogen-bond acceptors (Lipinski definition) is 3. The first-order valence-electron chi connectivity index (χ1n) is 8.81. The second-order valence-electron chi connectivity index (χ2n) is 7.07. The zero-order valence-electron chi connectivity index (χ0n) is 15.5. The predicted octanol–water partition coefficient (Wildman–Crippen LogP) is 3.15. The molecule has 5 nitrogen and oxygen atoms in total. The van der Waals surface area contributed by atoms with E-state index in [1.165, 1.54) is 11.8 Å². The lowest BCUT2D eigenvalue weighted by molar-refractivity contribution is -0.139. The number of alkyl halides is 3. The maximum atomic E-state index is 13.4. The minimum absolute atomic E-state index is 0.0379. The Morgan fingerprint density at radius 2 is 1.86 bits per heavy atom. The molecule has 0 aromatic heterocycles. The summed E-state index contributed by atoms with van der Waals surface area (Å²) in [6.45, 7) is 0.0172. The van der Waals surface area contributed by atoms with Crippen molar-refractivity contribution < 1.29 is 22.8 Å². The van der Waals surface area contributed by atoms with Crippen molar-refractivity contribution in [3.63, 3.8) is 0 Å². The van der Waals surface area contributed by atoms with E-state index in [2.05, 4.69) is 0 Å². The molecule has 1 aliphatic rings. The molecule has 0 saturated carbocycles. The fourth-order valence-corrected chi connectivity index (χ4v) is 3.54. The highest BCUT2D eigenvalue weighted by Gasteiger charge is 2.45. The molecule has 0 spiro atoms. The van der Waals surface area contributed by atoms with Gasteiger partial charge in [-0.25, -0.2) is 0 Å². The number of hydrogen-bond donors (Lipinski definition) is 2. The first kappa shape index (κ1) is 21.1. The van der Waals surface area contributed by atoms with Gasteiger partial charge in [0.05, 0.1) is 0 Å². The number of amides is 2. The summed E-state index contributed by atoms with van der Waals surface area (Å²) in [7, 11) is 0. The van der Waals surface area contributed by atoms with Crippen molar-refractivity contribution in [2.75, 3.05) is 11.4 Å². The van der Waals surface area contributed by atoms with Gasteiger partial charge in [-0.05, 0) is 36.2 Å². The first-order valence-corrected chi connectivity index (χ1v) is 9.19. The van der Waals surface area contributed by atoms with Gasteiger partial charge >= 0.3 is 6.18 Å². The summed E-state index contributed by atoms with van der Waals surface area (Å²) in [4.78, 5) is 27.1. The Morgan fingerprint density at radius 1 is 1.21 bits per heavy atom. The van der Waals surface area contributed by atoms with Crippen molar-refractivity contribution in [3.05, 3.63) is 64.7 Å². The van der Waals surface area contributed by atoms with Crippen molar-refractivity contribution in [2.24, 2.45) is 5.73 Å². The lowest BCUT2D eigenvalue weighted by Gasteiger charge is -2.33. The number of fused-ring (bicyclic) bond motifs is 1. The molecule has 2 aromatic carbocycles. The van der Waals surface area contributed by atoms with Crippen LogP contribution in [-0.4, -0.2) is 30.6 Å². The number of carbonyl (C=O) groups excluding carboxylic acids is 2. The number of anilines is 1. The van der Waals surface area contributed by atoms with Crippen molar-refractivity contribution in [3.8, 4) is 0 Å². The summed E-state index contributed by atoms with van der Waals surface area (Å²) in [6.07, 6.45) is -4.53. The van der Waals surface area contributed by atoms with Gasteiger partial charge in [0.25, 0.3) is 5.91 Å². The largest absolute Gasteiger partial charge is 0.405 e. The van der Waals surface area contributed by atoms with Gasteiger partial charge in [0.15, 0.2) is 0 Å². The van der Waals surface area contributed by atoms with Crippen LogP contribution >= 0.6 is 11.6 Å². The number of halogens is 4. The fraction of sp³-hybridized carbons (Fsp3) is 0.300. The molecule has 3 N–H and O–H groups in total. The maximum absolute atomic E-state index is 13.4. The lowest BCUT2D eigenvalue weighted by Crippen LogP contribution is -2.57. The monoisotopic (exact) mass is 425 g/mol. The molecule has 1 heterocycles. The molecule has 0 radical (unpaired) electrons. The average Bonchev–Trinajstić information content (AvgIpc) is 3.03. The number of carbonyl (C=O) groups is 2. The molecular weight excluding hydrogens is 407 g/mol. The van der Waals surface area contributed by atoms with Crippen LogP contribution in [-0.2, 0) is 21.5 Å². The van der Waals surface area contributed by atoms with Crippen molar-refractivity contribution in [1.29, 1.82) is 0 Å². The number of nitrogens with zero attached hydrogens (tertiary/aromatic N) is 1. The van der Waals surface area contributed by atoms with Crippen LogP contribution < -0.4 is 16.0 Å². The van der Waals surface area contributed by atoms with E-state index in [1.807, 2.05) is 5.32 Å². The molecule has 3 rings (SSSR count). The third-order valence-electron chi connectivity index (χ3n) is 4.83. The van der Waals surface area contributed by atoms with Crippen LogP contribution in [0.25, 0.3) is 0 Å². The maximum Gasteiger partial charge on any atom is 0.405 e. The molecule has 0 bridgehead atoms. The summed E-state index contributed by atoms with van der Waals surface area (Å²) in [5.41, 5.74) is 6.33. The van der Waals surface area contributed by atoms with E-state index in [0.717, 1.165) is 0 Å². The topological polar surface area (TPSA) is 75.4 Å². The molecule has 2 amide bonds. The van der Waals surface area contributed by atoms with E-state index in [-0.39, 0.29) is 6.42 Å². The molecule has 1 unspecified atom stereocenters. The quantitative estimate of drug-likeness (QED) is 0.790. The van der Waals surface area contributed by atoms with Gasteiger partial charge in [0.1, 0.15) is 18.1 Å². The molecule has 0 saturated heterocycles. The third kappa shape index (κ3) is 4.38. The van der Waals surface area contributed by atoms with Gasteiger partial charge in [-0.2, -0.15) is 13.2 Å². The van der Waals surface area contributed by atoms with E-state index >= 15 is 0 Å². The van der Waals surface area contributed by atoms with Crippen LogP contribution in [0.3, 0.4) is 0 Å². The number of rotatable bonds is 4. The van der Waals surface area contributed by atoms with Crippen LogP contribution in [0.5, 0.6) is 0 Å². The van der Waals surface area contributed by atoms with Crippen LogP contribution in [0.1, 0.15) is 18.1 Å². The molecule has 1 aliphatic heterocycles. The van der Waals surface area contributed by atoms with Crippen LogP contribution in [0.4, 0.5) is 18.9 Å². The zero-order chi connectivity index (χ0) is 21.4. The molecule has 2 atom stereocenters.